The van der Waals surface area contributed by atoms with Crippen molar-refractivity contribution in [1.29, 1.82) is 0 Å². The lowest BCUT2D eigenvalue weighted by Gasteiger charge is -2.23. The van der Waals surface area contributed by atoms with Gasteiger partial charge in [-0.2, -0.15) is 0 Å². The summed E-state index contributed by atoms with van der Waals surface area (Å²) in [6, 6.07) is 16.7. The highest BCUT2D eigenvalue weighted by atomic mass is 16.5. The van der Waals surface area contributed by atoms with E-state index in [1.807, 2.05) is 24.3 Å². The van der Waals surface area contributed by atoms with Crippen LogP contribution in [0, 0.1) is 0 Å². The van der Waals surface area contributed by atoms with Crippen LogP contribution < -0.4 is 9.47 Å². The van der Waals surface area contributed by atoms with Crippen molar-refractivity contribution < 1.29 is 28.6 Å². The monoisotopic (exact) mass is 433 g/mol. The van der Waals surface area contributed by atoms with Crippen LogP contribution in [0.5, 0.6) is 11.5 Å². The van der Waals surface area contributed by atoms with E-state index < -0.39 is 17.7 Å². The largest absolute Gasteiger partial charge is 0.507 e. The molecule has 32 heavy (non-hydrogen) atoms. The van der Waals surface area contributed by atoms with E-state index in [2.05, 4.69) is 0 Å². The molecule has 1 saturated heterocycles. The van der Waals surface area contributed by atoms with E-state index in [0.29, 0.717) is 23.5 Å². The van der Waals surface area contributed by atoms with Crippen molar-refractivity contribution in [1.82, 2.24) is 4.90 Å². The summed E-state index contributed by atoms with van der Waals surface area (Å²) in [5.41, 5.74) is 1.40. The quantitative estimate of drug-likeness (QED) is 0.345. The molecule has 3 aromatic rings. The first kappa shape index (κ1) is 21.2. The molecule has 1 aliphatic rings. The molecule has 7 nitrogen and oxygen atoms in total. The Labute approximate surface area is 185 Å². The number of aliphatic hydroxyl groups is 1. The zero-order chi connectivity index (χ0) is 22.7. The number of ether oxygens (including phenoxy) is 2. The van der Waals surface area contributed by atoms with Crippen LogP contribution in [0.25, 0.3) is 5.76 Å². The number of amides is 1. The van der Waals surface area contributed by atoms with Gasteiger partial charge in [-0.1, -0.05) is 12.1 Å². The van der Waals surface area contributed by atoms with Gasteiger partial charge in [0.2, 0.25) is 0 Å². The highest BCUT2D eigenvalue weighted by molar-refractivity contribution is 6.46. The van der Waals surface area contributed by atoms with Crippen LogP contribution in [0.3, 0.4) is 0 Å². The van der Waals surface area contributed by atoms with Crippen LogP contribution in [-0.2, 0) is 16.0 Å². The van der Waals surface area contributed by atoms with Gasteiger partial charge in [-0.15, -0.1) is 0 Å². The zero-order valence-electron chi connectivity index (χ0n) is 17.8. The summed E-state index contributed by atoms with van der Waals surface area (Å²) in [5, 5.41) is 11.0. The number of ketones is 1. The van der Waals surface area contributed by atoms with E-state index in [1.54, 1.807) is 50.6 Å². The first-order valence-corrected chi connectivity index (χ1v) is 10.1. The summed E-state index contributed by atoms with van der Waals surface area (Å²) in [5.74, 6) is 0.103. The zero-order valence-corrected chi connectivity index (χ0v) is 17.8. The maximum atomic E-state index is 13.0. The molecule has 0 bridgehead atoms. The summed E-state index contributed by atoms with van der Waals surface area (Å²) >= 11 is 0. The molecule has 2 aromatic carbocycles. The Morgan fingerprint density at radius 3 is 2.16 bits per heavy atom. The highest BCUT2D eigenvalue weighted by Crippen LogP contribution is 2.39. The molecule has 0 radical (unpaired) electrons. The second-order valence-corrected chi connectivity index (χ2v) is 7.33. The van der Waals surface area contributed by atoms with Gasteiger partial charge in [0, 0.05) is 12.1 Å². The van der Waals surface area contributed by atoms with E-state index in [1.165, 1.54) is 11.2 Å². The van der Waals surface area contributed by atoms with E-state index in [-0.39, 0.29) is 17.9 Å². The van der Waals surface area contributed by atoms with E-state index in [9.17, 15) is 14.7 Å². The van der Waals surface area contributed by atoms with Crippen molar-refractivity contribution >= 4 is 17.4 Å². The summed E-state index contributed by atoms with van der Waals surface area (Å²) in [7, 11) is 3.14. The predicted molar refractivity (Wildman–Crippen MR) is 117 cm³/mol. The summed E-state index contributed by atoms with van der Waals surface area (Å²) < 4.78 is 15.9. The molecular formula is C25H23NO6. The van der Waals surface area contributed by atoms with Gasteiger partial charge in [0.25, 0.3) is 11.7 Å². The molecule has 1 N–H and O–H groups in total. The fourth-order valence-electron chi connectivity index (χ4n) is 3.80. The molecule has 0 spiro atoms. The number of hydrogen-bond acceptors (Lipinski definition) is 6. The number of benzene rings is 2. The number of aliphatic hydroxyl groups excluding tert-OH is 1. The molecule has 1 aliphatic heterocycles. The molecule has 1 unspecified atom stereocenters. The fraction of sp³-hybridized carbons (Fsp3) is 0.200. The van der Waals surface area contributed by atoms with Crippen molar-refractivity contribution in [3.8, 4) is 11.5 Å². The summed E-state index contributed by atoms with van der Waals surface area (Å²) in [6.07, 6.45) is 2.00. The third kappa shape index (κ3) is 3.97. The van der Waals surface area contributed by atoms with Gasteiger partial charge in [-0.05, 0) is 60.5 Å². The van der Waals surface area contributed by atoms with E-state index in [4.69, 9.17) is 13.9 Å². The smallest absolute Gasteiger partial charge is 0.295 e. The number of carbonyl (C=O) groups excluding carboxylic acids is 2. The van der Waals surface area contributed by atoms with Gasteiger partial charge < -0.3 is 23.9 Å². The Morgan fingerprint density at radius 1 is 0.969 bits per heavy atom. The molecular weight excluding hydrogens is 410 g/mol. The van der Waals surface area contributed by atoms with Crippen LogP contribution in [0.4, 0.5) is 0 Å². The number of rotatable bonds is 7. The third-order valence-corrected chi connectivity index (χ3v) is 5.52. The van der Waals surface area contributed by atoms with Gasteiger partial charge in [0.1, 0.15) is 29.1 Å². The van der Waals surface area contributed by atoms with E-state index in [0.717, 1.165) is 11.3 Å². The number of Topliss-reactive ketones (excluding diaryl/α,β-unsaturated/α-hetero) is 1. The molecule has 0 saturated carbocycles. The minimum atomic E-state index is -0.814. The third-order valence-electron chi connectivity index (χ3n) is 5.52. The first-order chi connectivity index (χ1) is 15.5. The lowest BCUT2D eigenvalue weighted by Crippen LogP contribution is -2.31. The average Bonchev–Trinajstić information content (AvgIpc) is 3.45. The predicted octanol–water partition coefficient (Wildman–Crippen LogP) is 3.96. The Bertz CT molecular complexity index is 1130. The van der Waals surface area contributed by atoms with Crippen LogP contribution in [0.2, 0.25) is 0 Å². The van der Waals surface area contributed by atoms with Gasteiger partial charge in [-0.3, -0.25) is 9.59 Å². The maximum Gasteiger partial charge on any atom is 0.295 e. The first-order valence-electron chi connectivity index (χ1n) is 10.1. The van der Waals surface area contributed by atoms with E-state index >= 15 is 0 Å². The summed E-state index contributed by atoms with van der Waals surface area (Å²) in [4.78, 5) is 27.3. The fourth-order valence-corrected chi connectivity index (χ4v) is 3.80. The topological polar surface area (TPSA) is 89.2 Å². The molecule has 1 amide bonds. The Morgan fingerprint density at radius 2 is 1.59 bits per heavy atom. The van der Waals surface area contributed by atoms with Crippen molar-refractivity contribution in [2.24, 2.45) is 0 Å². The molecule has 1 fully saturated rings. The lowest BCUT2D eigenvalue weighted by atomic mass is 9.99. The minimum absolute atomic E-state index is 0.00449. The molecule has 2 heterocycles. The molecule has 1 aromatic heterocycles. The minimum Gasteiger partial charge on any atom is -0.507 e. The Balaban J connectivity index is 1.68. The molecule has 164 valence electrons. The Hall–Kier alpha value is -4.00. The second kappa shape index (κ2) is 9.01. The Kier molecular flexibility index (Phi) is 5.98. The van der Waals surface area contributed by atoms with Crippen molar-refractivity contribution in [2.75, 3.05) is 20.8 Å². The van der Waals surface area contributed by atoms with Gasteiger partial charge in [0.15, 0.2) is 0 Å². The molecule has 4 rings (SSSR count). The number of nitrogens with zero attached hydrogens (tertiary/aromatic N) is 1. The lowest BCUT2D eigenvalue weighted by molar-refractivity contribution is -0.140. The second-order valence-electron chi connectivity index (χ2n) is 7.33. The number of likely N-dealkylation sites (tertiary alicyclic amines) is 1. The molecule has 1 atom stereocenters. The molecule has 0 aliphatic carbocycles. The van der Waals surface area contributed by atoms with Crippen molar-refractivity contribution in [2.45, 2.75) is 12.5 Å². The number of hydrogen-bond donors (Lipinski definition) is 1. The van der Waals surface area contributed by atoms with Crippen LogP contribution in [-0.4, -0.2) is 42.5 Å². The number of methoxy groups -OCH3 is 2. The van der Waals surface area contributed by atoms with Crippen LogP contribution in [0.1, 0.15) is 22.9 Å². The van der Waals surface area contributed by atoms with Gasteiger partial charge in [0.05, 0.1) is 26.1 Å². The van der Waals surface area contributed by atoms with Gasteiger partial charge >= 0.3 is 0 Å². The summed E-state index contributed by atoms with van der Waals surface area (Å²) in [6.45, 7) is 0.279. The van der Waals surface area contributed by atoms with Crippen LogP contribution in [0.15, 0.2) is 76.9 Å². The van der Waals surface area contributed by atoms with Crippen molar-refractivity contribution in [3.05, 3.63) is 89.4 Å². The SMILES string of the molecule is COc1ccc(CCN2C(=O)C(=O)/C(=C(\O)c3ccc(OC)cc3)C2c2ccco2)cc1. The normalized spacial score (nSPS) is 17.6. The van der Waals surface area contributed by atoms with Crippen molar-refractivity contribution in [3.63, 3.8) is 0 Å². The van der Waals surface area contributed by atoms with Gasteiger partial charge in [-0.25, -0.2) is 0 Å². The number of carbonyl (C=O) groups is 2. The molecule has 7 heteroatoms. The maximum absolute atomic E-state index is 13.0. The average molecular weight is 433 g/mol. The number of furan rings is 1. The standard InChI is InChI=1S/C25H23NO6/c1-30-18-9-5-16(6-10-18)13-14-26-22(20-4-3-15-32-20)21(24(28)25(26)29)23(27)17-7-11-19(31-2)12-8-17/h3-12,15,22,27H,13-14H2,1-2H3/b23-21-. The highest BCUT2D eigenvalue weighted by Gasteiger charge is 2.47. The van der Waals surface area contributed by atoms with Crippen LogP contribution >= 0.6 is 0 Å².